The molecule has 2 atom stereocenters. The number of carbonyl (C=O) groups is 1. The van der Waals surface area contributed by atoms with Crippen molar-refractivity contribution >= 4 is 17.2 Å². The van der Waals surface area contributed by atoms with E-state index in [9.17, 15) is 4.79 Å². The second-order valence-electron chi connectivity index (χ2n) is 6.73. The van der Waals surface area contributed by atoms with Gasteiger partial charge in [-0.15, -0.1) is 11.3 Å². The van der Waals surface area contributed by atoms with Gasteiger partial charge in [0.15, 0.2) is 0 Å². The van der Waals surface area contributed by atoms with Crippen LogP contribution in [0.4, 0.5) is 0 Å². The van der Waals surface area contributed by atoms with Gasteiger partial charge in [-0.2, -0.15) is 0 Å². The normalized spacial score (nSPS) is 21.8. The van der Waals surface area contributed by atoms with Crippen LogP contribution >= 0.6 is 11.3 Å². The Balaban J connectivity index is 1.55. The second kappa shape index (κ2) is 7.95. The molecule has 2 unspecified atom stereocenters. The molecule has 1 aromatic carbocycles. The summed E-state index contributed by atoms with van der Waals surface area (Å²) in [6.45, 7) is 7.09. The number of rotatable bonds is 5. The Morgan fingerprint density at radius 2 is 1.79 bits per heavy atom. The molecule has 1 aliphatic rings. The van der Waals surface area contributed by atoms with Crippen LogP contribution in [0.15, 0.2) is 47.8 Å². The van der Waals surface area contributed by atoms with Crippen LogP contribution in [0.2, 0.25) is 0 Å². The number of aryl methyl sites for hydroxylation is 1. The standard InChI is InChI=1S/C20H26N2OS/c1-16-13-21(20(23)11-10-19-9-6-12-24-19)14-17(2)22(16)15-18-7-4-3-5-8-18/h3-9,12,16-17H,10-11,13-15H2,1-2H3. The summed E-state index contributed by atoms with van der Waals surface area (Å²) in [6, 6.07) is 15.5. The van der Waals surface area contributed by atoms with Gasteiger partial charge in [-0.05, 0) is 37.3 Å². The third-order valence-electron chi connectivity index (χ3n) is 4.83. The van der Waals surface area contributed by atoms with Crippen molar-refractivity contribution in [2.75, 3.05) is 13.1 Å². The number of thiophene rings is 1. The van der Waals surface area contributed by atoms with E-state index in [1.54, 1.807) is 11.3 Å². The third kappa shape index (κ3) is 4.25. The van der Waals surface area contributed by atoms with Gasteiger partial charge in [0, 0.05) is 43.0 Å². The molecule has 0 aliphatic carbocycles. The van der Waals surface area contributed by atoms with E-state index in [0.717, 1.165) is 26.1 Å². The molecule has 0 spiro atoms. The molecule has 1 aliphatic heterocycles. The minimum Gasteiger partial charge on any atom is -0.340 e. The average Bonchev–Trinajstić information content (AvgIpc) is 3.10. The van der Waals surface area contributed by atoms with Gasteiger partial charge < -0.3 is 4.90 Å². The summed E-state index contributed by atoms with van der Waals surface area (Å²) in [5.74, 6) is 0.293. The molecule has 0 bridgehead atoms. The monoisotopic (exact) mass is 342 g/mol. The predicted octanol–water partition coefficient (Wildman–Crippen LogP) is 3.80. The molecule has 1 aromatic heterocycles. The zero-order valence-electron chi connectivity index (χ0n) is 14.5. The van der Waals surface area contributed by atoms with Crippen LogP contribution in [0, 0.1) is 0 Å². The smallest absolute Gasteiger partial charge is 0.223 e. The molecular weight excluding hydrogens is 316 g/mol. The Kier molecular flexibility index (Phi) is 5.69. The first-order valence-electron chi connectivity index (χ1n) is 8.73. The lowest BCUT2D eigenvalue weighted by Gasteiger charge is -2.44. The van der Waals surface area contributed by atoms with E-state index in [1.165, 1.54) is 10.4 Å². The lowest BCUT2D eigenvalue weighted by molar-refractivity contribution is -0.135. The van der Waals surface area contributed by atoms with Crippen LogP contribution in [-0.4, -0.2) is 40.9 Å². The van der Waals surface area contributed by atoms with Crippen LogP contribution in [0.1, 0.15) is 30.7 Å². The van der Waals surface area contributed by atoms with E-state index in [4.69, 9.17) is 0 Å². The van der Waals surface area contributed by atoms with Crippen LogP contribution in [0.5, 0.6) is 0 Å². The van der Waals surface area contributed by atoms with Crippen LogP contribution in [0.25, 0.3) is 0 Å². The Labute approximate surface area is 148 Å². The van der Waals surface area contributed by atoms with Crippen LogP contribution in [-0.2, 0) is 17.8 Å². The predicted molar refractivity (Wildman–Crippen MR) is 100 cm³/mol. The van der Waals surface area contributed by atoms with Crippen molar-refractivity contribution in [3.8, 4) is 0 Å². The maximum atomic E-state index is 12.6. The fourth-order valence-electron chi connectivity index (χ4n) is 3.51. The van der Waals surface area contributed by atoms with Crippen LogP contribution in [0.3, 0.4) is 0 Å². The molecule has 4 heteroatoms. The molecule has 1 amide bonds. The molecule has 2 heterocycles. The number of amides is 1. The fraction of sp³-hybridized carbons (Fsp3) is 0.450. The Bertz CT molecular complexity index is 629. The number of hydrogen-bond donors (Lipinski definition) is 0. The van der Waals surface area contributed by atoms with E-state index in [0.29, 0.717) is 24.4 Å². The molecule has 0 N–H and O–H groups in total. The molecular formula is C20H26N2OS. The lowest BCUT2D eigenvalue weighted by atomic mass is 10.1. The highest BCUT2D eigenvalue weighted by Crippen LogP contribution is 2.20. The Hall–Kier alpha value is -1.65. The zero-order valence-corrected chi connectivity index (χ0v) is 15.3. The summed E-state index contributed by atoms with van der Waals surface area (Å²) < 4.78 is 0. The topological polar surface area (TPSA) is 23.6 Å². The minimum absolute atomic E-state index is 0.293. The maximum absolute atomic E-state index is 12.6. The largest absolute Gasteiger partial charge is 0.340 e. The second-order valence-corrected chi connectivity index (χ2v) is 7.77. The molecule has 24 heavy (non-hydrogen) atoms. The van der Waals surface area contributed by atoms with E-state index in [2.05, 4.69) is 71.5 Å². The molecule has 3 nitrogen and oxygen atoms in total. The van der Waals surface area contributed by atoms with Crippen molar-refractivity contribution < 1.29 is 4.79 Å². The van der Waals surface area contributed by atoms with E-state index in [1.807, 2.05) is 0 Å². The fourth-order valence-corrected chi connectivity index (χ4v) is 4.22. The summed E-state index contributed by atoms with van der Waals surface area (Å²) in [7, 11) is 0. The molecule has 128 valence electrons. The summed E-state index contributed by atoms with van der Waals surface area (Å²) in [4.78, 5) is 18.4. The van der Waals surface area contributed by atoms with Gasteiger partial charge >= 0.3 is 0 Å². The molecule has 0 radical (unpaired) electrons. The number of hydrogen-bond acceptors (Lipinski definition) is 3. The van der Waals surface area contributed by atoms with E-state index >= 15 is 0 Å². The first-order chi connectivity index (χ1) is 11.6. The Morgan fingerprint density at radius 1 is 1.08 bits per heavy atom. The highest BCUT2D eigenvalue weighted by Gasteiger charge is 2.31. The van der Waals surface area contributed by atoms with Crippen molar-refractivity contribution in [3.05, 3.63) is 58.3 Å². The average molecular weight is 343 g/mol. The molecule has 0 saturated carbocycles. The molecule has 1 fully saturated rings. The van der Waals surface area contributed by atoms with Gasteiger partial charge in [-0.3, -0.25) is 9.69 Å². The van der Waals surface area contributed by atoms with Gasteiger partial charge in [0.25, 0.3) is 0 Å². The summed E-state index contributed by atoms with van der Waals surface area (Å²) in [5, 5.41) is 2.08. The van der Waals surface area contributed by atoms with Gasteiger partial charge in [0.2, 0.25) is 5.91 Å². The molecule has 3 rings (SSSR count). The maximum Gasteiger partial charge on any atom is 0.223 e. The number of nitrogens with zero attached hydrogens (tertiary/aromatic N) is 2. The summed E-state index contributed by atoms with van der Waals surface area (Å²) in [6.07, 6.45) is 1.49. The quantitative estimate of drug-likeness (QED) is 0.825. The van der Waals surface area contributed by atoms with Gasteiger partial charge in [0.1, 0.15) is 0 Å². The summed E-state index contributed by atoms with van der Waals surface area (Å²) in [5.41, 5.74) is 1.34. The van der Waals surface area contributed by atoms with Gasteiger partial charge in [-0.25, -0.2) is 0 Å². The van der Waals surface area contributed by atoms with Crippen molar-refractivity contribution in [3.63, 3.8) is 0 Å². The molecule has 1 saturated heterocycles. The zero-order chi connectivity index (χ0) is 16.9. The number of piperazine rings is 1. The summed E-state index contributed by atoms with van der Waals surface area (Å²) >= 11 is 1.74. The van der Waals surface area contributed by atoms with Gasteiger partial charge in [0.05, 0.1) is 0 Å². The molecule has 2 aromatic rings. The van der Waals surface area contributed by atoms with E-state index < -0.39 is 0 Å². The highest BCUT2D eigenvalue weighted by atomic mass is 32.1. The number of benzene rings is 1. The van der Waals surface area contributed by atoms with Crippen molar-refractivity contribution in [1.82, 2.24) is 9.80 Å². The van der Waals surface area contributed by atoms with Crippen molar-refractivity contribution in [1.29, 1.82) is 0 Å². The Morgan fingerprint density at radius 3 is 2.42 bits per heavy atom. The van der Waals surface area contributed by atoms with Gasteiger partial charge in [-0.1, -0.05) is 36.4 Å². The van der Waals surface area contributed by atoms with Crippen molar-refractivity contribution in [2.45, 2.75) is 45.3 Å². The van der Waals surface area contributed by atoms with Crippen molar-refractivity contribution in [2.24, 2.45) is 0 Å². The lowest BCUT2D eigenvalue weighted by Crippen LogP contribution is -2.57. The first-order valence-corrected chi connectivity index (χ1v) is 9.61. The third-order valence-corrected chi connectivity index (χ3v) is 5.76. The first kappa shape index (κ1) is 17.2. The minimum atomic E-state index is 0.293. The SMILES string of the molecule is CC1CN(C(=O)CCc2cccs2)CC(C)N1Cc1ccccc1. The van der Waals surface area contributed by atoms with Crippen LogP contribution < -0.4 is 0 Å². The number of carbonyl (C=O) groups excluding carboxylic acids is 1. The highest BCUT2D eigenvalue weighted by molar-refractivity contribution is 7.09. The van der Waals surface area contributed by atoms with E-state index in [-0.39, 0.29) is 0 Å².